The summed E-state index contributed by atoms with van der Waals surface area (Å²) in [7, 11) is 0. The fourth-order valence-corrected chi connectivity index (χ4v) is 6.39. The largest absolute Gasteiger partial charge is 0.457 e. The number of allylic oxidation sites excluding steroid dienone is 10. The normalized spacial score (nSPS) is 16.4. The van der Waals surface area contributed by atoms with Gasteiger partial charge in [-0.25, -0.2) is 0 Å². The Morgan fingerprint density at radius 2 is 0.784 bits per heavy atom. The predicted molar refractivity (Wildman–Crippen MR) is 214 cm³/mol. The van der Waals surface area contributed by atoms with Gasteiger partial charge in [-0.2, -0.15) is 20.5 Å². The Morgan fingerprint density at radius 1 is 0.490 bits per heavy atom. The zero-order valence-electron chi connectivity index (χ0n) is 31.7. The van der Waals surface area contributed by atoms with Gasteiger partial charge in [0.2, 0.25) is 0 Å². The molecular weight excluding hydrogens is 768 g/mol. The number of carbonyl (C=O) groups excluding carboxylic acids is 2. The lowest BCUT2D eigenvalue weighted by Gasteiger charge is -2.31. The molecular formula is C42H48Br2N4O3. The van der Waals surface area contributed by atoms with Crippen LogP contribution in [0.15, 0.2) is 136 Å². The standard InChI is InChI=1S/C42H48Br2N4O3/c1-39(2,3)33-13-25(14-34(37(33)49)40(4,5)6)23-45-47-29-17-27(43)19-31(21-29)51-32-20-28(44)18-30(22-32)48-46-24-26-15-35(41(7,8)9)38(50)36(16-26)42(10,11)12/h13-24H,1-12H3. The summed E-state index contributed by atoms with van der Waals surface area (Å²) >= 11 is 7.13. The number of hydrogen-bond acceptors (Lipinski definition) is 7. The number of nitrogens with zero attached hydrogens (tertiary/aromatic N) is 4. The zero-order valence-corrected chi connectivity index (χ0v) is 34.9. The number of ketones is 2. The van der Waals surface area contributed by atoms with Crippen LogP contribution in [0.1, 0.15) is 83.1 Å². The van der Waals surface area contributed by atoms with E-state index in [0.717, 1.165) is 42.4 Å². The molecule has 4 rings (SSSR count). The molecule has 2 aliphatic rings. The van der Waals surface area contributed by atoms with Crippen molar-refractivity contribution >= 4 is 54.8 Å². The number of halogens is 2. The van der Waals surface area contributed by atoms with Gasteiger partial charge >= 0.3 is 0 Å². The molecule has 0 radical (unpaired) electrons. The SMILES string of the molecule is CC(C)(C)C1=CC(=CN=Nc2cc(Br)cc(Oc3cc(Br)cc(N=NC=C4C=C(C(C)(C)C)C(=O)C(C(C)(C)C)=C4)c3)c2)C=C(C(C)(C)C)C1=O. The molecule has 0 aliphatic heterocycles. The molecule has 7 nitrogen and oxygen atoms in total. The Kier molecular flexibility index (Phi) is 11.8. The number of rotatable bonds is 6. The van der Waals surface area contributed by atoms with E-state index in [1.54, 1.807) is 24.5 Å². The smallest absolute Gasteiger partial charge is 0.186 e. The third kappa shape index (κ3) is 10.6. The van der Waals surface area contributed by atoms with Gasteiger partial charge in [0.25, 0.3) is 0 Å². The maximum Gasteiger partial charge on any atom is 0.186 e. The molecule has 0 aromatic heterocycles. The van der Waals surface area contributed by atoms with E-state index in [2.05, 4.69) is 52.3 Å². The van der Waals surface area contributed by atoms with Crippen LogP contribution in [0.4, 0.5) is 11.4 Å². The first kappa shape index (κ1) is 40.0. The van der Waals surface area contributed by atoms with Crippen molar-refractivity contribution in [2.75, 3.05) is 0 Å². The van der Waals surface area contributed by atoms with Crippen molar-refractivity contribution in [3.63, 3.8) is 0 Å². The van der Waals surface area contributed by atoms with Gasteiger partial charge in [0, 0.05) is 43.4 Å². The van der Waals surface area contributed by atoms with E-state index in [-0.39, 0.29) is 33.2 Å². The van der Waals surface area contributed by atoms with Gasteiger partial charge in [-0.3, -0.25) is 9.59 Å². The Balaban J connectivity index is 1.58. The Hall–Kier alpha value is -3.82. The molecule has 0 heterocycles. The Labute approximate surface area is 319 Å². The summed E-state index contributed by atoms with van der Waals surface area (Å²) in [6.45, 7) is 24.5. The van der Waals surface area contributed by atoms with Crippen molar-refractivity contribution in [3.05, 3.63) is 115 Å². The molecule has 268 valence electrons. The number of carbonyl (C=O) groups is 2. The highest BCUT2D eigenvalue weighted by atomic mass is 79.9. The molecule has 0 amide bonds. The second-order valence-electron chi connectivity index (χ2n) is 17.0. The van der Waals surface area contributed by atoms with Gasteiger partial charge in [0.15, 0.2) is 11.6 Å². The lowest BCUT2D eigenvalue weighted by molar-refractivity contribution is -0.114. The molecule has 0 fully saturated rings. The van der Waals surface area contributed by atoms with Crippen molar-refractivity contribution in [1.29, 1.82) is 0 Å². The second kappa shape index (κ2) is 15.0. The van der Waals surface area contributed by atoms with Gasteiger partial charge < -0.3 is 4.74 Å². The van der Waals surface area contributed by atoms with Crippen LogP contribution in [0.3, 0.4) is 0 Å². The van der Waals surface area contributed by atoms with Crippen molar-refractivity contribution < 1.29 is 14.3 Å². The third-order valence-electron chi connectivity index (χ3n) is 8.16. The maximum absolute atomic E-state index is 13.3. The van der Waals surface area contributed by atoms with E-state index >= 15 is 0 Å². The van der Waals surface area contributed by atoms with Crippen LogP contribution in [0, 0.1) is 21.7 Å². The molecule has 2 aliphatic carbocycles. The summed E-state index contributed by atoms with van der Waals surface area (Å²) < 4.78 is 7.78. The minimum atomic E-state index is -0.308. The van der Waals surface area contributed by atoms with Crippen LogP contribution in [0.25, 0.3) is 0 Å². The average molecular weight is 817 g/mol. The maximum atomic E-state index is 13.3. The van der Waals surface area contributed by atoms with Crippen molar-refractivity contribution in [2.24, 2.45) is 42.1 Å². The van der Waals surface area contributed by atoms with Gasteiger partial charge in [0.1, 0.15) is 11.5 Å². The molecule has 9 heteroatoms. The lowest BCUT2D eigenvalue weighted by Crippen LogP contribution is -2.27. The highest BCUT2D eigenvalue weighted by molar-refractivity contribution is 9.10. The topological polar surface area (TPSA) is 92.8 Å². The van der Waals surface area contributed by atoms with E-state index < -0.39 is 0 Å². The first-order valence-electron chi connectivity index (χ1n) is 16.9. The summed E-state index contributed by atoms with van der Waals surface area (Å²) in [5.74, 6) is 1.25. The van der Waals surface area contributed by atoms with E-state index in [4.69, 9.17) is 4.74 Å². The predicted octanol–water partition coefficient (Wildman–Crippen LogP) is 14.0. The van der Waals surface area contributed by atoms with Gasteiger partial charge in [-0.1, -0.05) is 115 Å². The van der Waals surface area contributed by atoms with Gasteiger partial charge in [-0.05, 0) is 81.4 Å². The highest BCUT2D eigenvalue weighted by Crippen LogP contribution is 2.41. The van der Waals surface area contributed by atoms with E-state index in [1.165, 1.54) is 0 Å². The molecule has 0 atom stereocenters. The minimum absolute atomic E-state index is 0.0765. The van der Waals surface area contributed by atoms with Gasteiger partial charge in [-0.15, -0.1) is 0 Å². The van der Waals surface area contributed by atoms with Crippen LogP contribution in [0.2, 0.25) is 0 Å². The van der Waals surface area contributed by atoms with Crippen molar-refractivity contribution in [1.82, 2.24) is 0 Å². The number of ether oxygens (including phenoxy) is 1. The van der Waals surface area contributed by atoms with E-state index in [9.17, 15) is 9.59 Å². The molecule has 0 saturated carbocycles. The summed E-state index contributed by atoms with van der Waals surface area (Å²) in [5, 5.41) is 17.6. The van der Waals surface area contributed by atoms with Crippen LogP contribution in [0.5, 0.6) is 11.5 Å². The van der Waals surface area contributed by atoms with Gasteiger partial charge in [0.05, 0.1) is 23.8 Å². The van der Waals surface area contributed by atoms with Crippen LogP contribution < -0.4 is 4.74 Å². The number of benzene rings is 2. The molecule has 0 bridgehead atoms. The monoisotopic (exact) mass is 814 g/mol. The second-order valence-corrected chi connectivity index (χ2v) is 18.8. The first-order chi connectivity index (χ1) is 23.4. The summed E-state index contributed by atoms with van der Waals surface area (Å²) in [6.07, 6.45) is 11.0. The highest BCUT2D eigenvalue weighted by Gasteiger charge is 2.35. The van der Waals surface area contributed by atoms with Crippen LogP contribution >= 0.6 is 31.9 Å². The number of azo groups is 2. The first-order valence-corrected chi connectivity index (χ1v) is 18.5. The van der Waals surface area contributed by atoms with E-state index in [0.29, 0.717) is 22.9 Å². The minimum Gasteiger partial charge on any atom is -0.457 e. The fraction of sp³-hybridized carbons (Fsp3) is 0.381. The molecule has 0 spiro atoms. The lowest BCUT2D eigenvalue weighted by atomic mass is 9.72. The van der Waals surface area contributed by atoms with Crippen LogP contribution in [-0.2, 0) is 9.59 Å². The number of hydrogen-bond donors (Lipinski definition) is 0. The summed E-state index contributed by atoms with van der Waals surface area (Å²) in [6, 6.07) is 11.0. The summed E-state index contributed by atoms with van der Waals surface area (Å²) in [5.41, 5.74) is 4.58. The van der Waals surface area contributed by atoms with E-state index in [1.807, 2.05) is 132 Å². The zero-order chi connectivity index (χ0) is 38.1. The van der Waals surface area contributed by atoms with Crippen molar-refractivity contribution in [2.45, 2.75) is 83.1 Å². The molecule has 0 saturated heterocycles. The molecule has 0 unspecified atom stereocenters. The third-order valence-corrected chi connectivity index (χ3v) is 9.08. The fourth-order valence-electron chi connectivity index (χ4n) is 5.47. The molecule has 2 aromatic rings. The quantitative estimate of drug-likeness (QED) is 0.272. The Bertz CT molecular complexity index is 1780. The molecule has 0 N–H and O–H groups in total. The van der Waals surface area contributed by atoms with Crippen molar-refractivity contribution in [3.8, 4) is 11.5 Å². The van der Waals surface area contributed by atoms with Crippen LogP contribution in [-0.4, -0.2) is 11.6 Å². The summed E-state index contributed by atoms with van der Waals surface area (Å²) in [4.78, 5) is 26.5. The average Bonchev–Trinajstić information content (AvgIpc) is 2.95. The molecule has 51 heavy (non-hydrogen) atoms. The Morgan fingerprint density at radius 3 is 1.06 bits per heavy atom. The molecule has 2 aromatic carbocycles. The number of Topliss-reactive ketones (excluding diaryl/α,β-unsaturated/α-hetero) is 2.